The fourth-order valence-electron chi connectivity index (χ4n) is 1.67. The van der Waals surface area contributed by atoms with E-state index < -0.39 is 0 Å². The minimum atomic E-state index is -0.149. The maximum Gasteiger partial charge on any atom is 0.244 e. The fraction of sp³-hybridized carbons (Fsp3) is 0.188. The van der Waals surface area contributed by atoms with Gasteiger partial charge in [-0.25, -0.2) is 9.97 Å². The van der Waals surface area contributed by atoms with Gasteiger partial charge in [-0.15, -0.1) is 0 Å². The Morgan fingerprint density at radius 2 is 2.00 bits per heavy atom. The van der Waals surface area contributed by atoms with Crippen molar-refractivity contribution in [1.29, 1.82) is 0 Å². The maximum atomic E-state index is 11.8. The van der Waals surface area contributed by atoms with E-state index in [4.69, 9.17) is 0 Å². The van der Waals surface area contributed by atoms with E-state index in [2.05, 4.69) is 15.3 Å². The second-order valence-corrected chi connectivity index (χ2v) is 4.70. The highest BCUT2D eigenvalue weighted by molar-refractivity contribution is 5.91. The molecule has 0 spiro atoms. The van der Waals surface area contributed by atoms with Gasteiger partial charge in [-0.2, -0.15) is 0 Å². The Morgan fingerprint density at radius 3 is 2.71 bits per heavy atom. The van der Waals surface area contributed by atoms with Crippen molar-refractivity contribution in [1.82, 2.24) is 15.3 Å². The molecule has 0 aliphatic carbocycles. The topological polar surface area (TPSA) is 58.1 Å². The van der Waals surface area contributed by atoms with Gasteiger partial charge in [0.25, 0.3) is 0 Å². The molecule has 21 heavy (non-hydrogen) atoms. The van der Waals surface area contributed by atoms with Gasteiger partial charge in [0.1, 0.15) is 0 Å². The van der Waals surface area contributed by atoms with Gasteiger partial charge in [-0.3, -0.25) is 4.79 Å². The van der Waals surface area contributed by atoms with Crippen molar-refractivity contribution in [2.75, 3.05) is 19.0 Å². The van der Waals surface area contributed by atoms with Crippen LogP contribution in [0.5, 0.6) is 0 Å². The molecule has 5 nitrogen and oxygen atoms in total. The molecule has 108 valence electrons. The lowest BCUT2D eigenvalue weighted by molar-refractivity contribution is -0.116. The number of nitrogens with one attached hydrogen (secondary N) is 1. The monoisotopic (exact) mass is 282 g/mol. The van der Waals surface area contributed by atoms with Crippen LogP contribution in [-0.4, -0.2) is 30.0 Å². The van der Waals surface area contributed by atoms with Crippen LogP contribution in [0.3, 0.4) is 0 Å². The van der Waals surface area contributed by atoms with Gasteiger partial charge in [0.2, 0.25) is 11.9 Å². The molecule has 0 unspecified atom stereocenters. The first-order chi connectivity index (χ1) is 10.1. The van der Waals surface area contributed by atoms with Crippen LogP contribution in [0.15, 0.2) is 48.7 Å². The van der Waals surface area contributed by atoms with Crippen LogP contribution in [0.1, 0.15) is 11.3 Å². The highest BCUT2D eigenvalue weighted by Gasteiger charge is 2.02. The van der Waals surface area contributed by atoms with E-state index in [9.17, 15) is 4.79 Å². The molecule has 0 aliphatic heterocycles. The molecule has 0 radical (unpaired) electrons. The molecule has 0 bridgehead atoms. The van der Waals surface area contributed by atoms with Crippen molar-refractivity contribution >= 4 is 17.9 Å². The van der Waals surface area contributed by atoms with Crippen LogP contribution in [0.25, 0.3) is 6.08 Å². The predicted octanol–water partition coefficient (Wildman–Crippen LogP) is 1.87. The van der Waals surface area contributed by atoms with Crippen molar-refractivity contribution in [3.05, 3.63) is 59.9 Å². The smallest absolute Gasteiger partial charge is 0.244 e. The van der Waals surface area contributed by atoms with Crippen molar-refractivity contribution in [3.8, 4) is 0 Å². The van der Waals surface area contributed by atoms with Crippen LogP contribution in [0, 0.1) is 0 Å². The minimum absolute atomic E-state index is 0.149. The Kier molecular flexibility index (Phi) is 5.04. The molecule has 0 aliphatic rings. The molecule has 2 rings (SSSR count). The molecular formula is C16H18N4O. The molecule has 0 saturated heterocycles. The highest BCUT2D eigenvalue weighted by Crippen LogP contribution is 2.03. The Hall–Kier alpha value is -2.69. The highest BCUT2D eigenvalue weighted by atomic mass is 16.1. The standard InChI is InChI=1S/C16H18N4O/c1-20(2)16-17-11-10-14(19-16)12-18-15(21)9-8-13-6-4-3-5-7-13/h3-11H,12H2,1-2H3,(H,18,21)/b9-8+. The zero-order valence-electron chi connectivity index (χ0n) is 12.2. The number of hydrogen-bond donors (Lipinski definition) is 1. The van der Waals surface area contributed by atoms with E-state index in [1.165, 1.54) is 6.08 Å². The molecule has 0 saturated carbocycles. The average molecular weight is 282 g/mol. The fourth-order valence-corrected chi connectivity index (χ4v) is 1.67. The number of anilines is 1. The second-order valence-electron chi connectivity index (χ2n) is 4.70. The van der Waals surface area contributed by atoms with Gasteiger partial charge in [-0.05, 0) is 17.7 Å². The Labute approximate surface area is 124 Å². The van der Waals surface area contributed by atoms with Crippen molar-refractivity contribution in [3.63, 3.8) is 0 Å². The number of amides is 1. The molecule has 1 heterocycles. The first kappa shape index (κ1) is 14.7. The molecule has 0 atom stereocenters. The molecular weight excluding hydrogens is 264 g/mol. The first-order valence-electron chi connectivity index (χ1n) is 6.65. The van der Waals surface area contributed by atoms with Crippen LogP contribution >= 0.6 is 0 Å². The number of aromatic nitrogens is 2. The lowest BCUT2D eigenvalue weighted by Crippen LogP contribution is -2.22. The summed E-state index contributed by atoms with van der Waals surface area (Å²) in [7, 11) is 3.75. The Bertz CT molecular complexity index is 623. The summed E-state index contributed by atoms with van der Waals surface area (Å²) >= 11 is 0. The van der Waals surface area contributed by atoms with Gasteiger partial charge < -0.3 is 10.2 Å². The quantitative estimate of drug-likeness (QED) is 0.851. The molecule has 2 aromatic rings. The second kappa shape index (κ2) is 7.19. The van der Waals surface area contributed by atoms with E-state index in [0.717, 1.165) is 11.3 Å². The Balaban J connectivity index is 1.89. The van der Waals surface area contributed by atoms with Crippen molar-refractivity contribution in [2.45, 2.75) is 6.54 Å². The number of rotatable bonds is 5. The van der Waals surface area contributed by atoms with E-state index in [0.29, 0.717) is 12.5 Å². The van der Waals surface area contributed by atoms with E-state index >= 15 is 0 Å². The molecule has 1 amide bonds. The minimum Gasteiger partial charge on any atom is -0.347 e. The van der Waals surface area contributed by atoms with E-state index in [-0.39, 0.29) is 5.91 Å². The number of carbonyl (C=O) groups excluding carboxylic acids is 1. The first-order valence-corrected chi connectivity index (χ1v) is 6.65. The zero-order valence-corrected chi connectivity index (χ0v) is 12.2. The number of benzene rings is 1. The van der Waals surface area contributed by atoms with Crippen LogP contribution < -0.4 is 10.2 Å². The largest absolute Gasteiger partial charge is 0.347 e. The number of hydrogen-bond acceptors (Lipinski definition) is 4. The van der Waals surface area contributed by atoms with Gasteiger partial charge in [-0.1, -0.05) is 30.3 Å². The summed E-state index contributed by atoms with van der Waals surface area (Å²) in [6.45, 7) is 0.376. The molecule has 0 fully saturated rings. The van der Waals surface area contributed by atoms with E-state index in [1.54, 1.807) is 18.3 Å². The van der Waals surface area contributed by atoms with Gasteiger partial charge >= 0.3 is 0 Å². The summed E-state index contributed by atoms with van der Waals surface area (Å²) in [6.07, 6.45) is 4.98. The van der Waals surface area contributed by atoms with Crippen molar-refractivity contribution in [2.24, 2.45) is 0 Å². The average Bonchev–Trinajstić information content (AvgIpc) is 2.52. The van der Waals surface area contributed by atoms with Gasteiger partial charge in [0, 0.05) is 26.4 Å². The molecule has 5 heteroatoms. The van der Waals surface area contributed by atoms with Gasteiger partial charge in [0.15, 0.2) is 0 Å². The van der Waals surface area contributed by atoms with Gasteiger partial charge in [0.05, 0.1) is 12.2 Å². The summed E-state index contributed by atoms with van der Waals surface area (Å²) in [4.78, 5) is 22.0. The summed E-state index contributed by atoms with van der Waals surface area (Å²) in [5.41, 5.74) is 1.76. The van der Waals surface area contributed by atoms with Crippen LogP contribution in [0.2, 0.25) is 0 Å². The third-order valence-corrected chi connectivity index (χ3v) is 2.77. The maximum absolute atomic E-state index is 11.8. The normalized spacial score (nSPS) is 10.6. The third kappa shape index (κ3) is 4.72. The number of carbonyl (C=O) groups is 1. The van der Waals surface area contributed by atoms with E-state index in [1.807, 2.05) is 49.3 Å². The predicted molar refractivity (Wildman–Crippen MR) is 83.7 cm³/mol. The van der Waals surface area contributed by atoms with Crippen molar-refractivity contribution < 1.29 is 4.79 Å². The zero-order chi connectivity index (χ0) is 15.1. The molecule has 1 aromatic carbocycles. The lowest BCUT2D eigenvalue weighted by atomic mass is 10.2. The Morgan fingerprint density at radius 1 is 1.24 bits per heavy atom. The SMILES string of the molecule is CN(C)c1nccc(CNC(=O)/C=C/c2ccccc2)n1. The summed E-state index contributed by atoms with van der Waals surface area (Å²) < 4.78 is 0. The molecule has 1 aromatic heterocycles. The summed E-state index contributed by atoms with van der Waals surface area (Å²) in [6, 6.07) is 11.5. The lowest BCUT2D eigenvalue weighted by Gasteiger charge is -2.10. The summed E-state index contributed by atoms with van der Waals surface area (Å²) in [5, 5.41) is 2.80. The molecule has 1 N–H and O–H groups in total. The third-order valence-electron chi connectivity index (χ3n) is 2.77. The van der Waals surface area contributed by atoms with Crippen LogP contribution in [-0.2, 0) is 11.3 Å². The number of nitrogens with zero attached hydrogens (tertiary/aromatic N) is 3. The summed E-state index contributed by atoms with van der Waals surface area (Å²) in [5.74, 6) is 0.477. The van der Waals surface area contributed by atoms with Crippen LogP contribution in [0.4, 0.5) is 5.95 Å².